The van der Waals surface area contributed by atoms with Gasteiger partial charge in [0.25, 0.3) is 0 Å². The summed E-state index contributed by atoms with van der Waals surface area (Å²) in [4.78, 5) is 8.76. The van der Waals surface area contributed by atoms with Gasteiger partial charge < -0.3 is 9.13 Å². The minimum Gasteiger partial charge on any atom is -0.371 e. The van der Waals surface area contributed by atoms with Gasteiger partial charge in [0.1, 0.15) is 0 Å². The van der Waals surface area contributed by atoms with Crippen molar-refractivity contribution in [3.05, 3.63) is 83.4 Å². The van der Waals surface area contributed by atoms with E-state index in [1.807, 2.05) is 50.8 Å². The Hall–Kier alpha value is -2.45. The molecule has 0 aliphatic carbocycles. The minimum absolute atomic E-state index is 0. The van der Waals surface area contributed by atoms with Crippen LogP contribution in [0.2, 0.25) is 0 Å². The quantitative estimate of drug-likeness (QED) is 0.321. The van der Waals surface area contributed by atoms with Crippen LogP contribution in [-0.2, 0) is 35.2 Å². The van der Waals surface area contributed by atoms with E-state index >= 15 is 0 Å². The van der Waals surface area contributed by atoms with Crippen molar-refractivity contribution in [3.8, 4) is 22.8 Å². The molecule has 0 atom stereocenters. The van der Waals surface area contributed by atoms with Crippen LogP contribution < -0.4 is 0 Å². The molecule has 0 aliphatic heterocycles. The molecule has 2 aromatic carbocycles. The maximum absolute atomic E-state index is 4.38. The minimum atomic E-state index is 0. The first-order chi connectivity index (χ1) is 13.4. The molecular weight excluding hydrogens is 539 g/mol. The van der Waals surface area contributed by atoms with E-state index in [9.17, 15) is 0 Å². The van der Waals surface area contributed by atoms with Crippen LogP contribution in [0, 0.1) is 39.8 Å². The number of benzene rings is 2. The summed E-state index contributed by atoms with van der Waals surface area (Å²) in [6.45, 7) is 8.26. The number of aryl methyl sites for hydroxylation is 4. The second kappa shape index (κ2) is 9.84. The first-order valence-electron chi connectivity index (χ1n) is 9.32. The van der Waals surface area contributed by atoms with E-state index in [2.05, 4.69) is 71.1 Å². The van der Waals surface area contributed by atoms with Gasteiger partial charge in [0.2, 0.25) is 0 Å². The maximum Gasteiger partial charge on any atom is 2.00 e. The third-order valence-corrected chi connectivity index (χ3v) is 5.02. The Morgan fingerprint density at radius 2 is 1.07 bits per heavy atom. The van der Waals surface area contributed by atoms with Crippen LogP contribution in [0.5, 0.6) is 0 Å². The summed E-state index contributed by atoms with van der Waals surface area (Å²) >= 11 is 0. The molecule has 4 rings (SSSR count). The Labute approximate surface area is 187 Å². The van der Waals surface area contributed by atoms with Crippen LogP contribution in [0.1, 0.15) is 22.5 Å². The Morgan fingerprint density at radius 1 is 0.690 bits per heavy atom. The van der Waals surface area contributed by atoms with Gasteiger partial charge in [-0.2, -0.15) is 0 Å². The fourth-order valence-corrected chi connectivity index (χ4v) is 2.98. The van der Waals surface area contributed by atoms with Crippen LogP contribution in [0.3, 0.4) is 0 Å². The summed E-state index contributed by atoms with van der Waals surface area (Å²) in [7, 11) is 4.05. The summed E-state index contributed by atoms with van der Waals surface area (Å²) in [5.41, 5.74) is 6.92. The molecule has 0 radical (unpaired) electrons. The molecule has 0 N–H and O–H groups in total. The summed E-state index contributed by atoms with van der Waals surface area (Å²) in [6, 6.07) is 18.4. The van der Waals surface area contributed by atoms with E-state index in [-0.39, 0.29) is 21.1 Å². The molecule has 5 heteroatoms. The molecule has 0 spiro atoms. The average Bonchev–Trinajstić information content (AvgIpc) is 3.19. The summed E-state index contributed by atoms with van der Waals surface area (Å²) < 4.78 is 4.16. The van der Waals surface area contributed by atoms with Gasteiger partial charge in [-0.1, -0.05) is 13.8 Å². The fraction of sp³-hybridized carbons (Fsp3) is 0.250. The molecule has 0 amide bonds. The molecule has 29 heavy (non-hydrogen) atoms. The molecule has 0 fully saturated rings. The first kappa shape index (κ1) is 22.8. The average molecular weight is 566 g/mol. The molecule has 2 heterocycles. The first-order valence-corrected chi connectivity index (χ1v) is 9.32. The predicted molar refractivity (Wildman–Crippen MR) is 114 cm³/mol. The van der Waals surface area contributed by atoms with Crippen LogP contribution in [-0.4, -0.2) is 19.1 Å². The molecule has 0 aliphatic rings. The zero-order chi connectivity index (χ0) is 20.3. The number of hydrogen-bond donors (Lipinski definition) is 0. The van der Waals surface area contributed by atoms with Gasteiger partial charge in [-0.05, 0) is 13.8 Å². The number of rotatable bonds is 2. The standard InChI is InChI=1S/2C12H13N2.Pt/c2*1-9-6-4-5-7-11(9)12-13-8-10(2)14(12)3;/h2*4-6,8H,1-3H3;/q2*-1;+2. The van der Waals surface area contributed by atoms with Crippen molar-refractivity contribution in [2.75, 3.05) is 0 Å². The molecule has 0 saturated heterocycles. The van der Waals surface area contributed by atoms with E-state index in [0.717, 1.165) is 34.2 Å². The largest absolute Gasteiger partial charge is 2.00 e. The monoisotopic (exact) mass is 565 g/mol. The second-order valence-electron chi connectivity index (χ2n) is 7.02. The van der Waals surface area contributed by atoms with Crippen LogP contribution in [0.4, 0.5) is 0 Å². The van der Waals surface area contributed by atoms with Crippen molar-refractivity contribution >= 4 is 0 Å². The van der Waals surface area contributed by atoms with Crippen LogP contribution >= 0.6 is 0 Å². The van der Waals surface area contributed by atoms with Gasteiger partial charge in [-0.3, -0.25) is 9.97 Å². The zero-order valence-corrected chi connectivity index (χ0v) is 20.0. The number of aromatic nitrogens is 4. The van der Waals surface area contributed by atoms with Gasteiger partial charge in [-0.25, -0.2) is 0 Å². The Balaban J connectivity index is 0.000000200. The van der Waals surface area contributed by atoms with Crippen molar-refractivity contribution in [3.63, 3.8) is 0 Å². The van der Waals surface area contributed by atoms with Gasteiger partial charge in [0.05, 0.1) is 11.6 Å². The third kappa shape index (κ3) is 4.94. The smallest absolute Gasteiger partial charge is 0.371 e. The molecule has 0 unspecified atom stereocenters. The summed E-state index contributed by atoms with van der Waals surface area (Å²) in [5, 5.41) is 0. The maximum atomic E-state index is 4.38. The molecule has 152 valence electrons. The van der Waals surface area contributed by atoms with E-state index in [1.54, 1.807) is 0 Å². The van der Waals surface area contributed by atoms with E-state index in [0.29, 0.717) is 0 Å². The van der Waals surface area contributed by atoms with E-state index in [4.69, 9.17) is 0 Å². The third-order valence-electron chi connectivity index (χ3n) is 5.02. The van der Waals surface area contributed by atoms with Crippen LogP contribution in [0.25, 0.3) is 22.8 Å². The predicted octanol–water partition coefficient (Wildman–Crippen LogP) is 5.01. The fourth-order valence-electron chi connectivity index (χ4n) is 2.98. The summed E-state index contributed by atoms with van der Waals surface area (Å²) in [5.74, 6) is 1.97. The molecule has 0 bridgehead atoms. The molecule has 4 nitrogen and oxygen atoms in total. The van der Waals surface area contributed by atoms with Gasteiger partial charge in [0, 0.05) is 37.9 Å². The Kier molecular flexibility index (Phi) is 7.75. The van der Waals surface area contributed by atoms with Gasteiger partial charge >= 0.3 is 21.1 Å². The normalized spacial score (nSPS) is 10.1. The van der Waals surface area contributed by atoms with Crippen molar-refractivity contribution in [1.29, 1.82) is 0 Å². The van der Waals surface area contributed by atoms with E-state index < -0.39 is 0 Å². The van der Waals surface area contributed by atoms with Gasteiger partial charge in [0.15, 0.2) is 0 Å². The van der Waals surface area contributed by atoms with Crippen molar-refractivity contribution in [2.24, 2.45) is 14.1 Å². The van der Waals surface area contributed by atoms with Gasteiger partial charge in [-0.15, -0.1) is 70.8 Å². The van der Waals surface area contributed by atoms with Crippen molar-refractivity contribution in [1.82, 2.24) is 19.1 Å². The van der Waals surface area contributed by atoms with Crippen molar-refractivity contribution < 1.29 is 21.1 Å². The van der Waals surface area contributed by atoms with Crippen molar-refractivity contribution in [2.45, 2.75) is 27.7 Å². The number of hydrogen-bond acceptors (Lipinski definition) is 2. The molecule has 2 aromatic heterocycles. The van der Waals surface area contributed by atoms with E-state index in [1.165, 1.54) is 11.1 Å². The summed E-state index contributed by atoms with van der Waals surface area (Å²) in [6.07, 6.45) is 3.77. The Morgan fingerprint density at radius 3 is 1.34 bits per heavy atom. The topological polar surface area (TPSA) is 35.6 Å². The SMILES string of the molecule is Cc1ccc[c-]c1-c1ncc(C)n1C.Cc1ccc[c-]c1-c1ncc(C)n1C.[Pt+2]. The Bertz CT molecular complexity index is 1000. The zero-order valence-electron chi connectivity index (χ0n) is 17.7. The number of imidazole rings is 2. The molecular formula is C24H26N4Pt. The van der Waals surface area contributed by atoms with Crippen LogP contribution in [0.15, 0.2) is 48.8 Å². The molecule has 0 saturated carbocycles. The molecule has 4 aromatic rings. The second-order valence-corrected chi connectivity index (χ2v) is 7.02. The number of nitrogens with zero attached hydrogens (tertiary/aromatic N) is 4.